The van der Waals surface area contributed by atoms with Gasteiger partial charge in [0.25, 0.3) is 0 Å². The molecule has 0 aromatic rings. The minimum atomic E-state index is -1.29. The zero-order valence-electron chi connectivity index (χ0n) is 10.9. The number of nitrogens with zero attached hydrogens (tertiary/aromatic N) is 1. The summed E-state index contributed by atoms with van der Waals surface area (Å²) < 4.78 is 24.7. The van der Waals surface area contributed by atoms with Gasteiger partial charge < -0.3 is 14.4 Å². The molecule has 3 fully saturated rings. The van der Waals surface area contributed by atoms with Gasteiger partial charge in [-0.1, -0.05) is 0 Å². The van der Waals surface area contributed by atoms with Crippen LogP contribution in [0.15, 0.2) is 0 Å². The molecule has 2 heterocycles. The molecule has 1 amide bonds. The van der Waals surface area contributed by atoms with Gasteiger partial charge in [-0.3, -0.25) is 0 Å². The molecule has 2 aliphatic heterocycles. The summed E-state index contributed by atoms with van der Waals surface area (Å²) in [6.07, 6.45) is 0.311. The highest BCUT2D eigenvalue weighted by Crippen LogP contribution is 2.51. The van der Waals surface area contributed by atoms with Crippen molar-refractivity contribution in [1.82, 2.24) is 4.90 Å². The van der Waals surface area contributed by atoms with Crippen LogP contribution < -0.4 is 0 Å². The van der Waals surface area contributed by atoms with E-state index in [9.17, 15) is 9.18 Å². The van der Waals surface area contributed by atoms with Gasteiger partial charge in [0.15, 0.2) is 0 Å². The molecule has 98 valence electrons. The molecule has 17 heavy (non-hydrogen) atoms. The zero-order valence-corrected chi connectivity index (χ0v) is 10.9. The van der Waals surface area contributed by atoms with E-state index < -0.39 is 23.0 Å². The molecular formula is C12H20FNO3. The van der Waals surface area contributed by atoms with Crippen molar-refractivity contribution in [2.24, 2.45) is 0 Å². The van der Waals surface area contributed by atoms with Crippen molar-refractivity contribution >= 4 is 6.09 Å². The summed E-state index contributed by atoms with van der Waals surface area (Å²) in [7, 11) is 1.57. The second-order valence-corrected chi connectivity index (χ2v) is 6.23. The van der Waals surface area contributed by atoms with Gasteiger partial charge in [-0.05, 0) is 20.8 Å². The van der Waals surface area contributed by atoms with E-state index in [4.69, 9.17) is 9.47 Å². The van der Waals surface area contributed by atoms with Crippen molar-refractivity contribution < 1.29 is 18.7 Å². The summed E-state index contributed by atoms with van der Waals surface area (Å²) in [5.74, 6) is 0. The predicted octanol–water partition coefficient (Wildman–Crippen LogP) is 2.12. The first-order valence-corrected chi connectivity index (χ1v) is 5.89. The maximum Gasteiger partial charge on any atom is 0.410 e. The van der Waals surface area contributed by atoms with Gasteiger partial charge in [-0.2, -0.15) is 0 Å². The number of methoxy groups -OCH3 is 1. The summed E-state index contributed by atoms with van der Waals surface area (Å²) in [5, 5.41) is 0. The molecule has 0 unspecified atom stereocenters. The SMILES string of the molecule is COC12CN(C(=O)OC(C)(C)C)CC(F)(C1)C2. The highest BCUT2D eigenvalue weighted by Gasteiger charge is 2.62. The average Bonchev–Trinajstić information content (AvgIpc) is 2.12. The van der Waals surface area contributed by atoms with Crippen LogP contribution in [-0.4, -0.2) is 48.1 Å². The molecule has 2 saturated heterocycles. The predicted molar refractivity (Wildman–Crippen MR) is 60.6 cm³/mol. The third kappa shape index (κ3) is 2.39. The molecule has 0 radical (unpaired) electrons. The Morgan fingerprint density at radius 3 is 2.35 bits per heavy atom. The van der Waals surface area contributed by atoms with Gasteiger partial charge in [0, 0.05) is 20.0 Å². The van der Waals surface area contributed by atoms with Crippen LogP contribution in [0.5, 0.6) is 0 Å². The van der Waals surface area contributed by atoms with Crippen LogP contribution in [0.4, 0.5) is 9.18 Å². The van der Waals surface area contributed by atoms with Gasteiger partial charge in [0.05, 0.1) is 18.7 Å². The van der Waals surface area contributed by atoms with Gasteiger partial charge in [-0.25, -0.2) is 9.18 Å². The Morgan fingerprint density at radius 1 is 1.29 bits per heavy atom. The molecule has 4 nitrogen and oxygen atoms in total. The maximum atomic E-state index is 14.1. The van der Waals surface area contributed by atoms with E-state index in [0.717, 1.165) is 0 Å². The van der Waals surface area contributed by atoms with Crippen LogP contribution in [0.2, 0.25) is 0 Å². The number of piperidine rings is 2. The van der Waals surface area contributed by atoms with Crippen LogP contribution in [0.25, 0.3) is 0 Å². The Kier molecular flexibility index (Phi) is 2.65. The average molecular weight is 245 g/mol. The Bertz CT molecular complexity index is 331. The monoisotopic (exact) mass is 245 g/mol. The van der Waals surface area contributed by atoms with Gasteiger partial charge in [0.2, 0.25) is 0 Å². The smallest absolute Gasteiger partial charge is 0.410 e. The Hall–Kier alpha value is -0.840. The topological polar surface area (TPSA) is 38.8 Å². The third-order valence-corrected chi connectivity index (χ3v) is 3.32. The first-order chi connectivity index (χ1) is 7.67. The third-order valence-electron chi connectivity index (χ3n) is 3.32. The van der Waals surface area contributed by atoms with E-state index in [1.165, 1.54) is 4.90 Å². The number of amides is 1. The number of hydrogen-bond acceptors (Lipinski definition) is 3. The van der Waals surface area contributed by atoms with Crippen LogP contribution in [0.3, 0.4) is 0 Å². The summed E-state index contributed by atoms with van der Waals surface area (Å²) in [6.45, 7) is 5.93. The van der Waals surface area contributed by atoms with Crippen LogP contribution in [0, 0.1) is 0 Å². The molecule has 0 atom stereocenters. The first kappa shape index (κ1) is 12.6. The van der Waals surface area contributed by atoms with Gasteiger partial charge in [-0.15, -0.1) is 0 Å². The number of carbonyl (C=O) groups excluding carboxylic acids is 1. The number of fused-ring (bicyclic) bond motifs is 2. The van der Waals surface area contributed by atoms with Crippen molar-refractivity contribution in [2.75, 3.05) is 20.2 Å². The highest BCUT2D eigenvalue weighted by atomic mass is 19.1. The fraction of sp³-hybridized carbons (Fsp3) is 0.917. The molecule has 3 rings (SSSR count). The van der Waals surface area contributed by atoms with Gasteiger partial charge in [0.1, 0.15) is 11.3 Å². The minimum absolute atomic E-state index is 0.118. The van der Waals surface area contributed by atoms with Crippen LogP contribution in [-0.2, 0) is 9.47 Å². The first-order valence-electron chi connectivity index (χ1n) is 5.89. The quantitative estimate of drug-likeness (QED) is 0.710. The van der Waals surface area contributed by atoms with Crippen LogP contribution in [0.1, 0.15) is 33.6 Å². The molecule has 5 heteroatoms. The second-order valence-electron chi connectivity index (χ2n) is 6.23. The highest BCUT2D eigenvalue weighted by molar-refractivity contribution is 5.69. The van der Waals surface area contributed by atoms with Crippen molar-refractivity contribution in [3.63, 3.8) is 0 Å². The molecular weight excluding hydrogens is 225 g/mol. The lowest BCUT2D eigenvalue weighted by atomic mass is 9.65. The Labute approximate surface area is 101 Å². The largest absolute Gasteiger partial charge is 0.444 e. The lowest BCUT2D eigenvalue weighted by Crippen LogP contribution is -2.70. The number of halogens is 1. The second kappa shape index (κ2) is 3.57. The van der Waals surface area contributed by atoms with Crippen molar-refractivity contribution in [3.05, 3.63) is 0 Å². The molecule has 1 aliphatic carbocycles. The molecule has 0 N–H and O–H groups in total. The molecule has 3 aliphatic rings. The van der Waals surface area contributed by atoms with E-state index in [1.807, 2.05) is 0 Å². The van der Waals surface area contributed by atoms with E-state index in [0.29, 0.717) is 19.4 Å². The van der Waals surface area contributed by atoms with Crippen molar-refractivity contribution in [2.45, 2.75) is 50.5 Å². The summed E-state index contributed by atoms with van der Waals surface area (Å²) >= 11 is 0. The fourth-order valence-electron chi connectivity index (χ4n) is 2.74. The zero-order chi connectivity index (χ0) is 12.9. The summed E-state index contributed by atoms with van der Waals surface area (Å²) in [4.78, 5) is 13.3. The maximum absolute atomic E-state index is 14.1. The number of alkyl halides is 1. The summed E-state index contributed by atoms with van der Waals surface area (Å²) in [5.41, 5.74) is -2.34. The van der Waals surface area contributed by atoms with Crippen LogP contribution >= 0.6 is 0 Å². The molecule has 1 saturated carbocycles. The Morgan fingerprint density at radius 2 is 1.88 bits per heavy atom. The number of hydrogen-bond donors (Lipinski definition) is 0. The number of carbonyl (C=O) groups is 1. The Balaban J connectivity index is 2.02. The standard InChI is InChI=1S/C12H20FNO3/c1-10(2,3)17-9(15)14-7-11(13)5-12(6-11,8-14)16-4/h5-8H2,1-4H3. The molecule has 0 aromatic carbocycles. The van der Waals surface area contributed by atoms with Crippen molar-refractivity contribution in [3.8, 4) is 0 Å². The van der Waals surface area contributed by atoms with E-state index in [-0.39, 0.29) is 6.54 Å². The summed E-state index contributed by atoms with van der Waals surface area (Å²) in [6, 6.07) is 0. The lowest BCUT2D eigenvalue weighted by Gasteiger charge is -2.58. The molecule has 0 aromatic heterocycles. The van der Waals surface area contributed by atoms with E-state index in [2.05, 4.69) is 0 Å². The molecule has 2 bridgehead atoms. The van der Waals surface area contributed by atoms with Gasteiger partial charge >= 0.3 is 6.09 Å². The van der Waals surface area contributed by atoms with E-state index >= 15 is 0 Å². The normalized spacial score (nSPS) is 36.4. The number of ether oxygens (including phenoxy) is 2. The van der Waals surface area contributed by atoms with E-state index in [1.54, 1.807) is 27.9 Å². The molecule has 0 spiro atoms. The minimum Gasteiger partial charge on any atom is -0.444 e. The lowest BCUT2D eigenvalue weighted by molar-refractivity contribution is -0.209. The fourth-order valence-corrected chi connectivity index (χ4v) is 2.74. The van der Waals surface area contributed by atoms with Crippen molar-refractivity contribution in [1.29, 1.82) is 0 Å². The number of rotatable bonds is 1.